The fourth-order valence-corrected chi connectivity index (χ4v) is 3.08. The van der Waals surface area contributed by atoms with Crippen molar-refractivity contribution < 1.29 is 9.18 Å². The minimum Gasteiger partial charge on any atom is -0.398 e. The van der Waals surface area contributed by atoms with Crippen LogP contribution in [0.1, 0.15) is 12.0 Å². The molecule has 1 aliphatic carbocycles. The van der Waals surface area contributed by atoms with Crippen molar-refractivity contribution in [3.63, 3.8) is 0 Å². The molecule has 0 unspecified atom stereocenters. The van der Waals surface area contributed by atoms with Crippen LogP contribution in [0.25, 0.3) is 16.5 Å². The monoisotopic (exact) mass is 350 g/mol. The second-order valence-corrected chi connectivity index (χ2v) is 6.66. The van der Waals surface area contributed by atoms with E-state index in [1.807, 2.05) is 42.3 Å². The highest BCUT2D eigenvalue weighted by molar-refractivity contribution is 5.99. The van der Waals surface area contributed by atoms with Crippen molar-refractivity contribution in [2.24, 2.45) is 5.92 Å². The van der Waals surface area contributed by atoms with Gasteiger partial charge >= 0.3 is 0 Å². The maximum absolute atomic E-state index is 13.0. The summed E-state index contributed by atoms with van der Waals surface area (Å²) in [6.07, 6.45) is 6.75. The van der Waals surface area contributed by atoms with E-state index in [9.17, 15) is 9.18 Å². The van der Waals surface area contributed by atoms with E-state index in [0.29, 0.717) is 11.5 Å². The Morgan fingerprint density at radius 1 is 1.42 bits per heavy atom. The Hall–Kier alpha value is -3.15. The van der Waals surface area contributed by atoms with Crippen molar-refractivity contribution in [1.82, 2.24) is 9.88 Å². The first-order valence-electron chi connectivity index (χ1n) is 8.39. The number of rotatable bonds is 3. The van der Waals surface area contributed by atoms with Crippen LogP contribution in [0.2, 0.25) is 0 Å². The van der Waals surface area contributed by atoms with Gasteiger partial charge in [-0.2, -0.15) is 0 Å². The summed E-state index contributed by atoms with van der Waals surface area (Å²) in [6, 6.07) is 5.65. The molecule has 0 bridgehead atoms. The molecule has 5 nitrogen and oxygen atoms in total. The number of hydrogen-bond acceptors (Lipinski definition) is 4. The number of carbonyl (C=O) groups excluding carboxylic acids is 1. The number of likely N-dealkylation sites (N-methyl/N-ethyl adjacent to an activating group) is 1. The van der Waals surface area contributed by atoms with Gasteiger partial charge in [0.25, 0.3) is 0 Å². The zero-order chi connectivity index (χ0) is 18.4. The third-order valence-corrected chi connectivity index (χ3v) is 4.80. The highest BCUT2D eigenvalue weighted by Gasteiger charge is 2.43. The van der Waals surface area contributed by atoms with Gasteiger partial charge in [0.1, 0.15) is 12.0 Å². The number of hydrogen-bond donors (Lipinski definition) is 2. The Bertz CT molecular complexity index is 995. The van der Waals surface area contributed by atoms with E-state index >= 15 is 0 Å². The first kappa shape index (κ1) is 16.3. The Kier molecular flexibility index (Phi) is 3.76. The van der Waals surface area contributed by atoms with E-state index in [0.717, 1.165) is 27.7 Å². The van der Waals surface area contributed by atoms with Crippen molar-refractivity contribution in [1.29, 1.82) is 0 Å². The molecule has 1 aliphatic heterocycles. The molecule has 4 rings (SSSR count). The number of aromatic nitrogens is 1. The number of carbonyl (C=O) groups is 1. The number of alkyl halides is 1. The SMILES string of the molecule is C=C1C=CC=C(c2cc(N)c3cnc(NC(=O)[C@@H]4C[C@@H]4F)cc3c2)N1C. The van der Waals surface area contributed by atoms with Gasteiger partial charge in [-0.25, -0.2) is 9.37 Å². The number of halogens is 1. The number of nitrogens with zero attached hydrogens (tertiary/aromatic N) is 2. The predicted octanol–water partition coefficient (Wildman–Crippen LogP) is 3.47. The lowest BCUT2D eigenvalue weighted by atomic mass is 10.0. The van der Waals surface area contributed by atoms with Crippen molar-refractivity contribution in [2.45, 2.75) is 12.6 Å². The summed E-state index contributed by atoms with van der Waals surface area (Å²) < 4.78 is 13.0. The zero-order valence-electron chi connectivity index (χ0n) is 14.4. The van der Waals surface area contributed by atoms with Gasteiger partial charge in [0.15, 0.2) is 0 Å². The standard InChI is InChI=1S/C20H19FN4O/c1-11-4-3-5-18(25(11)2)13-6-12-8-19(23-10-15(12)17(22)7-13)24-20(26)14-9-16(14)21/h3-8,10,14,16H,1,9,22H2,2H3,(H,23,24,26)/t14-,16+/m1/s1. The number of pyridine rings is 1. The molecule has 0 saturated heterocycles. The van der Waals surface area contributed by atoms with Gasteiger partial charge in [0.05, 0.1) is 5.92 Å². The molecule has 26 heavy (non-hydrogen) atoms. The van der Waals surface area contributed by atoms with Gasteiger partial charge in [-0.3, -0.25) is 4.79 Å². The smallest absolute Gasteiger partial charge is 0.231 e. The van der Waals surface area contributed by atoms with Crippen molar-refractivity contribution >= 4 is 33.9 Å². The number of nitrogens with two attached hydrogens (primary N) is 1. The molecule has 1 fully saturated rings. The first-order valence-corrected chi connectivity index (χ1v) is 8.39. The maximum atomic E-state index is 13.0. The molecule has 6 heteroatoms. The van der Waals surface area contributed by atoms with Gasteiger partial charge in [-0.1, -0.05) is 12.7 Å². The highest BCUT2D eigenvalue weighted by Crippen LogP contribution is 2.35. The summed E-state index contributed by atoms with van der Waals surface area (Å²) in [4.78, 5) is 18.1. The van der Waals surface area contributed by atoms with Crippen LogP contribution in [0.4, 0.5) is 15.9 Å². The molecule has 2 heterocycles. The molecule has 2 atom stereocenters. The van der Waals surface area contributed by atoms with Crippen LogP contribution in [-0.4, -0.2) is 29.0 Å². The van der Waals surface area contributed by atoms with Crippen LogP contribution in [0.3, 0.4) is 0 Å². The van der Waals surface area contributed by atoms with Crippen molar-refractivity contribution in [3.8, 4) is 0 Å². The highest BCUT2D eigenvalue weighted by atomic mass is 19.1. The molecule has 1 aromatic carbocycles. The molecular weight excluding hydrogens is 331 g/mol. The number of nitrogens with one attached hydrogen (secondary N) is 1. The van der Waals surface area contributed by atoms with E-state index in [2.05, 4.69) is 16.9 Å². The van der Waals surface area contributed by atoms with E-state index in [4.69, 9.17) is 5.73 Å². The molecule has 0 radical (unpaired) electrons. The van der Waals surface area contributed by atoms with Crippen molar-refractivity contribution in [2.75, 3.05) is 18.1 Å². The number of nitrogen functional groups attached to an aromatic ring is 1. The fraction of sp³-hybridized carbons (Fsp3) is 0.200. The topological polar surface area (TPSA) is 71.2 Å². The van der Waals surface area contributed by atoms with E-state index in [-0.39, 0.29) is 12.3 Å². The van der Waals surface area contributed by atoms with Gasteiger partial charge in [-0.05, 0) is 42.2 Å². The number of allylic oxidation sites excluding steroid dienone is 3. The van der Waals surface area contributed by atoms with Crippen LogP contribution >= 0.6 is 0 Å². The van der Waals surface area contributed by atoms with E-state index in [1.165, 1.54) is 0 Å². The molecule has 2 aliphatic rings. The summed E-state index contributed by atoms with van der Waals surface area (Å²) >= 11 is 0. The second-order valence-electron chi connectivity index (χ2n) is 6.66. The minimum absolute atomic E-state index is 0.286. The van der Waals surface area contributed by atoms with Gasteiger partial charge in [-0.15, -0.1) is 0 Å². The number of benzene rings is 1. The summed E-state index contributed by atoms with van der Waals surface area (Å²) in [6.45, 7) is 4.01. The second kappa shape index (κ2) is 5.98. The molecule has 132 valence electrons. The van der Waals surface area contributed by atoms with Gasteiger partial charge in [0.2, 0.25) is 5.91 Å². The normalized spacial score (nSPS) is 21.7. The molecule has 1 amide bonds. The number of anilines is 2. The quantitative estimate of drug-likeness (QED) is 0.832. The summed E-state index contributed by atoms with van der Waals surface area (Å²) in [5.74, 6) is -0.485. The fourth-order valence-electron chi connectivity index (χ4n) is 3.08. The lowest BCUT2D eigenvalue weighted by molar-refractivity contribution is -0.117. The predicted molar refractivity (Wildman–Crippen MR) is 102 cm³/mol. The Balaban J connectivity index is 1.70. The zero-order valence-corrected chi connectivity index (χ0v) is 14.4. The molecule has 0 spiro atoms. The van der Waals surface area contributed by atoms with Crippen molar-refractivity contribution in [3.05, 3.63) is 60.5 Å². The third kappa shape index (κ3) is 2.83. The van der Waals surface area contributed by atoms with Crippen LogP contribution in [-0.2, 0) is 4.79 Å². The average Bonchev–Trinajstić information content (AvgIpc) is 3.34. The summed E-state index contributed by atoms with van der Waals surface area (Å²) in [5.41, 5.74) is 9.61. The van der Waals surface area contributed by atoms with E-state index in [1.54, 1.807) is 12.3 Å². The Labute approximate surface area is 150 Å². The number of amides is 1. The van der Waals surface area contributed by atoms with Crippen LogP contribution in [0.5, 0.6) is 0 Å². The van der Waals surface area contributed by atoms with E-state index < -0.39 is 12.1 Å². The lowest BCUT2D eigenvalue weighted by Crippen LogP contribution is -2.16. The third-order valence-electron chi connectivity index (χ3n) is 4.80. The largest absolute Gasteiger partial charge is 0.398 e. The van der Waals surface area contributed by atoms with Crippen LogP contribution in [0, 0.1) is 5.92 Å². The van der Waals surface area contributed by atoms with Crippen LogP contribution in [0.15, 0.2) is 54.9 Å². The van der Waals surface area contributed by atoms with Gasteiger partial charge in [0, 0.05) is 41.3 Å². The first-order chi connectivity index (χ1) is 12.4. The molecule has 3 N–H and O–H groups in total. The van der Waals surface area contributed by atoms with Crippen LogP contribution < -0.4 is 11.1 Å². The number of fused-ring (bicyclic) bond motifs is 1. The van der Waals surface area contributed by atoms with Gasteiger partial charge < -0.3 is 16.0 Å². The lowest BCUT2D eigenvalue weighted by Gasteiger charge is -2.26. The molecule has 1 aromatic heterocycles. The Morgan fingerprint density at radius 3 is 2.92 bits per heavy atom. The summed E-state index contributed by atoms with van der Waals surface area (Å²) in [7, 11) is 1.94. The Morgan fingerprint density at radius 2 is 2.19 bits per heavy atom. The molecule has 2 aromatic rings. The molecule has 1 saturated carbocycles. The molecular formula is C20H19FN4O. The summed E-state index contributed by atoms with van der Waals surface area (Å²) in [5, 5.41) is 4.33. The maximum Gasteiger partial charge on any atom is 0.231 e. The average molecular weight is 350 g/mol. The minimum atomic E-state index is -1.03.